The molecule has 1 aromatic heterocycles. The van der Waals surface area contributed by atoms with Crippen molar-refractivity contribution in [1.82, 2.24) is 14.9 Å². The zero-order chi connectivity index (χ0) is 15.4. The summed E-state index contributed by atoms with van der Waals surface area (Å²) in [6, 6.07) is 4.92. The first-order valence-corrected chi connectivity index (χ1v) is 7.38. The van der Waals surface area contributed by atoms with E-state index in [0.717, 1.165) is 32.5 Å². The van der Waals surface area contributed by atoms with Crippen molar-refractivity contribution in [3.05, 3.63) is 35.7 Å². The molecular formula is C15H19N5O2+. The second-order valence-corrected chi connectivity index (χ2v) is 5.26. The summed E-state index contributed by atoms with van der Waals surface area (Å²) in [7, 11) is 0. The fourth-order valence-corrected chi connectivity index (χ4v) is 2.50. The number of likely N-dealkylation sites (tertiary alicyclic amines) is 1. The molecule has 7 nitrogen and oxygen atoms in total. The van der Waals surface area contributed by atoms with Gasteiger partial charge in [0.1, 0.15) is 6.61 Å². The van der Waals surface area contributed by atoms with Gasteiger partial charge in [0.2, 0.25) is 5.88 Å². The Hall–Kier alpha value is -2.28. The maximum Gasteiger partial charge on any atom is 0.293 e. The molecule has 1 aromatic carbocycles. The van der Waals surface area contributed by atoms with Crippen LogP contribution in [0.1, 0.15) is 12.8 Å². The van der Waals surface area contributed by atoms with Gasteiger partial charge in [0.25, 0.3) is 5.69 Å². The smallest absolute Gasteiger partial charge is 0.293 e. The maximum absolute atomic E-state index is 11.1. The van der Waals surface area contributed by atoms with Gasteiger partial charge in [-0.15, -0.1) is 0 Å². The fraction of sp³-hybridized carbons (Fsp3) is 0.400. The summed E-state index contributed by atoms with van der Waals surface area (Å²) in [6.45, 7) is 3.63. The number of nitroso groups, excluding NO2 is 1. The zero-order valence-electron chi connectivity index (χ0n) is 12.3. The molecule has 1 fully saturated rings. The standard InChI is InChI=1S/C15H19N5O2/c16-20(21)12-4-5-13-14(10-12)18-15(11-17-13)22-9-8-19-6-2-1-3-7-19/h1,4-5,10-11H,2-3,6-9H2,(H2,16,21)/q+1. The third-order valence-corrected chi connectivity index (χ3v) is 3.71. The Morgan fingerprint density at radius 1 is 1.27 bits per heavy atom. The van der Waals surface area contributed by atoms with Crippen molar-refractivity contribution >= 4 is 16.7 Å². The maximum atomic E-state index is 11.1. The van der Waals surface area contributed by atoms with Gasteiger partial charge < -0.3 is 4.74 Å². The minimum atomic E-state index is 0.308. The summed E-state index contributed by atoms with van der Waals surface area (Å²) < 4.78 is 5.67. The van der Waals surface area contributed by atoms with Crippen LogP contribution in [0.4, 0.5) is 5.69 Å². The van der Waals surface area contributed by atoms with Gasteiger partial charge in [-0.1, -0.05) is 0 Å². The highest BCUT2D eigenvalue weighted by Gasteiger charge is 2.12. The highest BCUT2D eigenvalue weighted by atomic mass is 16.5. The Balaban J connectivity index is 1.64. The third kappa shape index (κ3) is 3.48. The molecule has 22 heavy (non-hydrogen) atoms. The first-order chi connectivity index (χ1) is 10.7. The second-order valence-electron chi connectivity index (χ2n) is 5.26. The number of ether oxygens (including phenoxy) is 1. The largest absolute Gasteiger partial charge is 0.475 e. The van der Waals surface area contributed by atoms with Gasteiger partial charge in [-0.3, -0.25) is 4.90 Å². The Morgan fingerprint density at radius 2 is 2.09 bits per heavy atom. The summed E-state index contributed by atoms with van der Waals surface area (Å²) in [5.41, 5.74) is 1.63. The van der Waals surface area contributed by atoms with Gasteiger partial charge in [-0.25, -0.2) is 9.97 Å². The lowest BCUT2D eigenvalue weighted by Gasteiger charge is -2.25. The third-order valence-electron chi connectivity index (χ3n) is 3.71. The van der Waals surface area contributed by atoms with E-state index in [1.54, 1.807) is 24.4 Å². The monoisotopic (exact) mass is 301 g/mol. The van der Waals surface area contributed by atoms with E-state index >= 15 is 0 Å². The van der Waals surface area contributed by atoms with Crippen molar-refractivity contribution in [2.24, 2.45) is 5.84 Å². The minimum absolute atomic E-state index is 0.308. The summed E-state index contributed by atoms with van der Waals surface area (Å²) in [4.78, 5) is 22.5. The van der Waals surface area contributed by atoms with E-state index in [4.69, 9.17) is 10.6 Å². The fourth-order valence-electron chi connectivity index (χ4n) is 2.50. The molecule has 0 aliphatic carbocycles. The van der Waals surface area contributed by atoms with Crippen molar-refractivity contribution < 1.29 is 9.61 Å². The summed E-state index contributed by atoms with van der Waals surface area (Å²) in [5.74, 6) is 5.66. The molecule has 0 saturated carbocycles. The predicted molar refractivity (Wildman–Crippen MR) is 82.5 cm³/mol. The van der Waals surface area contributed by atoms with Gasteiger partial charge in [0.15, 0.2) is 4.87 Å². The highest BCUT2D eigenvalue weighted by Crippen LogP contribution is 2.19. The Kier molecular flexibility index (Phi) is 4.43. The molecule has 1 radical (unpaired) electrons. The Morgan fingerprint density at radius 3 is 2.86 bits per heavy atom. The van der Waals surface area contributed by atoms with Crippen LogP contribution in [0.25, 0.3) is 11.0 Å². The van der Waals surface area contributed by atoms with Crippen LogP contribution in [-0.2, 0) is 0 Å². The molecule has 7 heteroatoms. The summed E-state index contributed by atoms with van der Waals surface area (Å²) >= 11 is 0. The van der Waals surface area contributed by atoms with Crippen LogP contribution in [0.2, 0.25) is 0 Å². The van der Waals surface area contributed by atoms with Crippen molar-refractivity contribution in [3.63, 3.8) is 0 Å². The minimum Gasteiger partial charge on any atom is -0.475 e. The molecule has 1 aliphatic heterocycles. The van der Waals surface area contributed by atoms with E-state index in [9.17, 15) is 4.91 Å². The molecule has 115 valence electrons. The molecule has 1 saturated heterocycles. The highest BCUT2D eigenvalue weighted by molar-refractivity contribution is 5.77. The SMILES string of the molecule is N[N+](=O)c1ccc2ncc(OCCN3CC[CH]CC3)nc2c1. The van der Waals surface area contributed by atoms with Gasteiger partial charge in [-0.05, 0) is 38.4 Å². The van der Waals surface area contributed by atoms with Crippen molar-refractivity contribution in [2.75, 3.05) is 26.2 Å². The van der Waals surface area contributed by atoms with E-state index in [1.807, 2.05) is 0 Å². The van der Waals surface area contributed by atoms with Crippen LogP contribution in [0.3, 0.4) is 0 Å². The lowest BCUT2D eigenvalue weighted by atomic mass is 10.1. The quantitative estimate of drug-likeness (QED) is 0.513. The molecule has 1 aliphatic rings. The molecule has 0 unspecified atom stereocenters. The Bertz CT molecular complexity index is 670. The first-order valence-electron chi connectivity index (χ1n) is 7.38. The van der Waals surface area contributed by atoms with E-state index < -0.39 is 0 Å². The van der Waals surface area contributed by atoms with Crippen LogP contribution in [0, 0.1) is 11.3 Å². The van der Waals surface area contributed by atoms with Crippen LogP contribution in [-0.4, -0.2) is 46.0 Å². The number of fused-ring (bicyclic) bond motifs is 1. The molecule has 2 aromatic rings. The number of hydrogen-bond acceptors (Lipinski definition) is 5. The van der Waals surface area contributed by atoms with E-state index in [0.29, 0.717) is 34.1 Å². The Labute approximate surface area is 128 Å². The molecule has 2 N–H and O–H groups in total. The van der Waals surface area contributed by atoms with Gasteiger partial charge in [0, 0.05) is 18.7 Å². The number of hydrogen-bond donors (Lipinski definition) is 1. The van der Waals surface area contributed by atoms with Crippen molar-refractivity contribution in [2.45, 2.75) is 12.8 Å². The van der Waals surface area contributed by atoms with E-state index in [2.05, 4.69) is 21.3 Å². The molecule has 0 atom stereocenters. The lowest BCUT2D eigenvalue weighted by molar-refractivity contribution is -0.474. The van der Waals surface area contributed by atoms with Crippen LogP contribution in [0.5, 0.6) is 5.88 Å². The van der Waals surface area contributed by atoms with Gasteiger partial charge in [0.05, 0.1) is 22.1 Å². The number of piperidine rings is 1. The average Bonchev–Trinajstić information content (AvgIpc) is 2.55. The summed E-state index contributed by atoms with van der Waals surface area (Å²) in [5, 5.41) is 0. The molecular weight excluding hydrogens is 282 g/mol. The van der Waals surface area contributed by atoms with Gasteiger partial charge >= 0.3 is 0 Å². The second kappa shape index (κ2) is 6.65. The first kappa shape index (κ1) is 14.6. The summed E-state index contributed by atoms with van der Waals surface area (Å²) in [6.07, 6.45) is 6.20. The molecule has 0 spiro atoms. The number of aromatic nitrogens is 2. The predicted octanol–water partition coefficient (Wildman–Crippen LogP) is 1.59. The van der Waals surface area contributed by atoms with E-state index in [1.165, 1.54) is 0 Å². The molecule has 3 rings (SSSR count). The van der Waals surface area contributed by atoms with Gasteiger partial charge in [-0.2, -0.15) is 5.84 Å². The van der Waals surface area contributed by atoms with Crippen molar-refractivity contribution in [3.8, 4) is 5.88 Å². The average molecular weight is 301 g/mol. The number of hydrazine groups is 1. The van der Waals surface area contributed by atoms with Crippen LogP contribution >= 0.6 is 0 Å². The number of benzene rings is 1. The van der Waals surface area contributed by atoms with Crippen LogP contribution in [0.15, 0.2) is 24.4 Å². The number of rotatable bonds is 5. The number of nitrogens with two attached hydrogens (primary N) is 1. The van der Waals surface area contributed by atoms with Crippen molar-refractivity contribution in [1.29, 1.82) is 0 Å². The molecule has 0 bridgehead atoms. The molecule has 2 heterocycles. The van der Waals surface area contributed by atoms with E-state index in [-0.39, 0.29) is 0 Å². The lowest BCUT2D eigenvalue weighted by Crippen LogP contribution is -2.33. The zero-order valence-corrected chi connectivity index (χ0v) is 12.3. The van der Waals surface area contributed by atoms with Crippen LogP contribution < -0.4 is 10.6 Å². The topological polar surface area (TPSA) is 84.3 Å². The number of nitrogens with zero attached hydrogens (tertiary/aromatic N) is 4. The normalized spacial score (nSPS) is 15.8. The molecule has 0 amide bonds.